The first-order chi connectivity index (χ1) is 14.5. The van der Waals surface area contributed by atoms with E-state index in [-0.39, 0.29) is 13.0 Å². The third-order valence-corrected chi connectivity index (χ3v) is 5.42. The first-order valence-electron chi connectivity index (χ1n) is 9.99. The summed E-state index contributed by atoms with van der Waals surface area (Å²) < 4.78 is 10.5. The minimum absolute atomic E-state index is 0.0681. The van der Waals surface area contributed by atoms with Crippen LogP contribution in [0.5, 0.6) is 0 Å². The van der Waals surface area contributed by atoms with Crippen LogP contribution in [-0.2, 0) is 26.4 Å². The fourth-order valence-electron chi connectivity index (χ4n) is 3.66. The molecule has 0 aliphatic heterocycles. The molecule has 158 valence electrons. The second-order valence-corrected chi connectivity index (χ2v) is 7.74. The number of ether oxygens (including phenoxy) is 2. The van der Waals surface area contributed by atoms with Crippen molar-refractivity contribution in [2.75, 3.05) is 7.11 Å². The average molecular weight is 427 g/mol. The third-order valence-electron chi connectivity index (χ3n) is 5.18. The lowest BCUT2D eigenvalue weighted by atomic mass is 9.81. The maximum Gasteiger partial charge on any atom is 0.338 e. The summed E-state index contributed by atoms with van der Waals surface area (Å²) in [4.78, 5) is 17.3. The van der Waals surface area contributed by atoms with Crippen LogP contribution in [0.2, 0.25) is 5.02 Å². The summed E-state index contributed by atoms with van der Waals surface area (Å²) in [6.45, 7) is 0.0681. The van der Waals surface area contributed by atoms with Crippen molar-refractivity contribution in [2.24, 2.45) is 4.99 Å². The van der Waals surface area contributed by atoms with Crippen LogP contribution in [0, 0.1) is 0 Å². The highest BCUT2D eigenvalue weighted by molar-refractivity contribution is 6.30. The maximum atomic E-state index is 13.0. The van der Waals surface area contributed by atoms with Crippen LogP contribution in [0.15, 0.2) is 71.2 Å². The Hall–Kier alpha value is -2.79. The molecule has 0 amide bonds. The maximum absolute atomic E-state index is 13.0. The Bertz CT molecular complexity index is 926. The molecule has 6 heteroatoms. The van der Waals surface area contributed by atoms with E-state index in [1.165, 1.54) is 7.11 Å². The van der Waals surface area contributed by atoms with E-state index in [0.717, 1.165) is 36.8 Å². The zero-order valence-corrected chi connectivity index (χ0v) is 17.7. The van der Waals surface area contributed by atoms with Gasteiger partial charge < -0.3 is 14.6 Å². The van der Waals surface area contributed by atoms with Gasteiger partial charge in [0.25, 0.3) is 0 Å². The Kier molecular flexibility index (Phi) is 7.52. The zero-order chi connectivity index (χ0) is 21.4. The highest BCUT2D eigenvalue weighted by atomic mass is 35.5. The number of nitrogens with zero attached hydrogens (tertiary/aromatic N) is 1. The summed E-state index contributed by atoms with van der Waals surface area (Å²) in [5, 5.41) is 13.2. The lowest BCUT2D eigenvalue weighted by Gasteiger charge is -2.31. The number of hydrogen-bond acceptors (Lipinski definition) is 5. The topological polar surface area (TPSA) is 71.0 Å². The van der Waals surface area contributed by atoms with Crippen LogP contribution >= 0.6 is 11.6 Å². The number of esters is 1. The number of aliphatic imine (C=N–C) groups is 1. The van der Waals surface area contributed by atoms with E-state index in [2.05, 4.69) is 11.1 Å². The van der Waals surface area contributed by atoms with Crippen LogP contribution in [0.3, 0.4) is 0 Å². The second kappa shape index (κ2) is 10.3. The largest absolute Gasteiger partial charge is 0.596 e. The van der Waals surface area contributed by atoms with Gasteiger partial charge in [-0.05, 0) is 48.9 Å². The molecule has 5 nitrogen and oxygen atoms in total. The zero-order valence-electron chi connectivity index (χ0n) is 17.0. The van der Waals surface area contributed by atoms with E-state index in [1.807, 2.05) is 30.3 Å². The van der Waals surface area contributed by atoms with Crippen molar-refractivity contribution < 1.29 is 19.4 Å². The minimum Gasteiger partial charge on any atom is -0.596 e. The summed E-state index contributed by atoms with van der Waals surface area (Å²) in [7, 11) is 1.29. The fourth-order valence-corrected chi connectivity index (χ4v) is 3.85. The molecular formula is C24H25ClNO4-. The van der Waals surface area contributed by atoms with Crippen molar-refractivity contribution in [3.63, 3.8) is 0 Å². The Labute approximate surface area is 182 Å². The molecule has 0 spiro atoms. The molecule has 0 saturated carbocycles. The molecule has 3 rings (SSSR count). The van der Waals surface area contributed by atoms with E-state index in [1.54, 1.807) is 24.3 Å². The Morgan fingerprint density at radius 2 is 1.97 bits per heavy atom. The van der Waals surface area contributed by atoms with E-state index < -0.39 is 17.6 Å². The molecule has 2 aromatic carbocycles. The molecule has 30 heavy (non-hydrogen) atoms. The molecule has 0 N–H and O–H groups in total. The van der Waals surface area contributed by atoms with Gasteiger partial charge in [-0.1, -0.05) is 65.7 Å². The first kappa shape index (κ1) is 21.9. The summed E-state index contributed by atoms with van der Waals surface area (Å²) in [6.07, 6.45) is 5.51. The van der Waals surface area contributed by atoms with E-state index >= 15 is 0 Å². The number of methoxy groups -OCH3 is 1. The lowest BCUT2D eigenvalue weighted by molar-refractivity contribution is -0.253. The molecule has 0 bridgehead atoms. The van der Waals surface area contributed by atoms with Crippen LogP contribution in [-0.4, -0.2) is 19.2 Å². The molecular weight excluding hydrogens is 402 g/mol. The van der Waals surface area contributed by atoms with Gasteiger partial charge in [-0.15, -0.1) is 0 Å². The molecule has 0 fully saturated rings. The fraction of sp³-hybridized carbons (Fsp3) is 0.333. The van der Waals surface area contributed by atoms with Crippen molar-refractivity contribution in [3.8, 4) is 0 Å². The molecule has 1 unspecified atom stereocenters. The van der Waals surface area contributed by atoms with Crippen LogP contribution in [0.4, 0.5) is 0 Å². The number of halogens is 1. The third kappa shape index (κ3) is 5.42. The summed E-state index contributed by atoms with van der Waals surface area (Å²) >= 11 is 6.19. The first-order valence-corrected chi connectivity index (χ1v) is 10.4. The van der Waals surface area contributed by atoms with E-state index in [4.69, 9.17) is 21.1 Å². The van der Waals surface area contributed by atoms with Crippen LogP contribution in [0.25, 0.3) is 0 Å². The van der Waals surface area contributed by atoms with Crippen LogP contribution < -0.4 is 5.11 Å². The Morgan fingerprint density at radius 3 is 2.63 bits per heavy atom. The SMILES string of the molecule is COC(=O)C(CC1=CCCCC1)(N=C([O-])OCc1ccccc1)c1cccc(Cl)c1. The van der Waals surface area contributed by atoms with Gasteiger partial charge in [0, 0.05) is 18.1 Å². The predicted octanol–water partition coefficient (Wildman–Crippen LogP) is 4.53. The van der Waals surface area contributed by atoms with Gasteiger partial charge in [0.15, 0.2) is 5.54 Å². The Balaban J connectivity index is 1.99. The van der Waals surface area contributed by atoms with Gasteiger partial charge in [-0.2, -0.15) is 0 Å². The van der Waals surface area contributed by atoms with Crippen LogP contribution in [0.1, 0.15) is 43.2 Å². The van der Waals surface area contributed by atoms with Gasteiger partial charge in [-0.3, -0.25) is 0 Å². The minimum atomic E-state index is -1.55. The predicted molar refractivity (Wildman–Crippen MR) is 115 cm³/mol. The van der Waals surface area contributed by atoms with Gasteiger partial charge >= 0.3 is 5.97 Å². The second-order valence-electron chi connectivity index (χ2n) is 7.30. The normalized spacial score (nSPS) is 16.3. The summed E-state index contributed by atoms with van der Waals surface area (Å²) in [5.41, 5.74) is 0.870. The van der Waals surface area contributed by atoms with Crippen molar-refractivity contribution >= 4 is 23.7 Å². The van der Waals surface area contributed by atoms with Crippen molar-refractivity contribution in [3.05, 3.63) is 82.4 Å². The number of carbonyl (C=O) groups is 1. The number of allylic oxidation sites excluding steroid dienone is 1. The number of benzene rings is 2. The van der Waals surface area contributed by atoms with Crippen molar-refractivity contribution in [1.82, 2.24) is 0 Å². The molecule has 0 aromatic heterocycles. The molecule has 0 radical (unpaired) electrons. The quantitative estimate of drug-likeness (QED) is 0.282. The van der Waals surface area contributed by atoms with Gasteiger partial charge in [0.1, 0.15) is 6.08 Å². The average Bonchev–Trinajstić information content (AvgIpc) is 2.78. The Morgan fingerprint density at radius 1 is 1.17 bits per heavy atom. The molecule has 1 aliphatic rings. The molecule has 1 atom stereocenters. The van der Waals surface area contributed by atoms with Crippen molar-refractivity contribution in [2.45, 2.75) is 44.2 Å². The van der Waals surface area contributed by atoms with E-state index in [0.29, 0.717) is 10.6 Å². The standard InChI is InChI=1S/C24H26ClNO4/c1-29-22(27)24(16-18-9-4-2-5-10-18,20-13-8-14-21(25)15-20)26-23(28)30-17-19-11-6-3-7-12-19/h3,6-9,11-15H,2,4-5,10,16-17H2,1H3,(H,26,28)/p-1. The monoisotopic (exact) mass is 426 g/mol. The van der Waals surface area contributed by atoms with Gasteiger partial charge in [0.2, 0.25) is 0 Å². The van der Waals surface area contributed by atoms with Gasteiger partial charge in [-0.25, -0.2) is 9.79 Å². The summed E-state index contributed by atoms with van der Waals surface area (Å²) in [6, 6.07) is 16.1. The van der Waals surface area contributed by atoms with Gasteiger partial charge in [0.05, 0.1) is 7.11 Å². The summed E-state index contributed by atoms with van der Waals surface area (Å²) in [5.74, 6) is -0.618. The molecule has 0 heterocycles. The number of hydrogen-bond donors (Lipinski definition) is 0. The smallest absolute Gasteiger partial charge is 0.338 e. The van der Waals surface area contributed by atoms with E-state index in [9.17, 15) is 9.90 Å². The lowest BCUT2D eigenvalue weighted by Crippen LogP contribution is -2.39. The molecule has 0 saturated heterocycles. The highest BCUT2D eigenvalue weighted by Crippen LogP contribution is 2.38. The molecule has 1 aliphatic carbocycles. The number of rotatable bonds is 7. The highest BCUT2D eigenvalue weighted by Gasteiger charge is 2.42. The van der Waals surface area contributed by atoms with Crippen molar-refractivity contribution in [1.29, 1.82) is 0 Å². The number of carbonyl (C=O) groups excluding carboxylic acids is 1. The molecule has 2 aromatic rings.